The van der Waals surface area contributed by atoms with Crippen LogP contribution in [0.3, 0.4) is 0 Å². The summed E-state index contributed by atoms with van der Waals surface area (Å²) >= 11 is 0. The maximum atomic E-state index is 12.6. The van der Waals surface area contributed by atoms with Crippen LogP contribution in [0.4, 0.5) is 0 Å². The first-order valence-electron chi connectivity index (χ1n) is 11.7. The molecule has 2 aromatic carbocycles. The third-order valence-corrected chi connectivity index (χ3v) is 7.21. The van der Waals surface area contributed by atoms with E-state index in [1.165, 1.54) is 10.5 Å². The van der Waals surface area contributed by atoms with Crippen molar-refractivity contribution in [3.63, 3.8) is 0 Å². The molecule has 34 heavy (non-hydrogen) atoms. The van der Waals surface area contributed by atoms with Crippen molar-refractivity contribution >= 4 is 22.6 Å². The second kappa shape index (κ2) is 9.02. The van der Waals surface area contributed by atoms with Crippen LogP contribution in [0, 0.1) is 11.8 Å². The summed E-state index contributed by atoms with van der Waals surface area (Å²) in [6.07, 6.45) is -0.829. The summed E-state index contributed by atoms with van der Waals surface area (Å²) in [5.74, 6) is -1.63. The summed E-state index contributed by atoms with van der Waals surface area (Å²) in [4.78, 5) is 25.9. The minimum absolute atomic E-state index is 0.0128. The Morgan fingerprint density at radius 3 is 2.53 bits per heavy atom. The molecule has 2 aromatic rings. The van der Waals surface area contributed by atoms with Gasteiger partial charge in [0.2, 0.25) is 5.91 Å². The van der Waals surface area contributed by atoms with E-state index in [0.717, 1.165) is 28.3 Å². The lowest BCUT2D eigenvalue weighted by Gasteiger charge is -2.46. The van der Waals surface area contributed by atoms with Crippen molar-refractivity contribution in [1.29, 1.82) is 0 Å². The summed E-state index contributed by atoms with van der Waals surface area (Å²) in [6, 6.07) is 11.7. The molecule has 1 fully saturated rings. The molecule has 0 aromatic heterocycles. The summed E-state index contributed by atoms with van der Waals surface area (Å²) in [5, 5.41) is 21.9. The molecule has 0 spiro atoms. The number of aliphatic carboxylic acids is 1. The van der Waals surface area contributed by atoms with Gasteiger partial charge in [0, 0.05) is 29.0 Å². The fourth-order valence-corrected chi connectivity index (χ4v) is 5.49. The Hall–Kier alpha value is -2.94. The van der Waals surface area contributed by atoms with Crippen molar-refractivity contribution in [2.24, 2.45) is 17.6 Å². The van der Waals surface area contributed by atoms with Gasteiger partial charge in [0.25, 0.3) is 0 Å². The molecule has 8 heteroatoms. The number of likely N-dealkylation sites (N-methyl/N-ethyl adjacent to an activating group) is 1. The molecule has 0 radical (unpaired) electrons. The number of benzene rings is 2. The molecule has 0 unspecified atom stereocenters. The van der Waals surface area contributed by atoms with Gasteiger partial charge in [-0.05, 0) is 18.4 Å². The predicted molar refractivity (Wildman–Crippen MR) is 129 cm³/mol. The number of nitrogens with two attached hydrogens (primary N) is 1. The number of carboxylic acids is 1. The van der Waals surface area contributed by atoms with Crippen LogP contribution in [-0.2, 0) is 16.1 Å². The predicted octanol–water partition coefficient (Wildman–Crippen LogP) is 1.95. The second-order valence-corrected chi connectivity index (χ2v) is 10.1. The number of hydrogen-bond donors (Lipinski definition) is 3. The largest absolute Gasteiger partial charge is 0.488 e. The molecule has 1 amide bonds. The average molecular weight is 469 g/mol. The maximum absolute atomic E-state index is 12.6. The van der Waals surface area contributed by atoms with E-state index in [1.807, 2.05) is 31.2 Å². The molecule has 2 heterocycles. The molecule has 4 N–H and O–H groups in total. The van der Waals surface area contributed by atoms with Crippen molar-refractivity contribution in [3.8, 4) is 5.75 Å². The van der Waals surface area contributed by atoms with Gasteiger partial charge in [-0.1, -0.05) is 37.3 Å². The summed E-state index contributed by atoms with van der Waals surface area (Å²) < 4.78 is 6.96. The third kappa shape index (κ3) is 4.06. The lowest BCUT2D eigenvalue weighted by Crippen LogP contribution is -2.63. The van der Waals surface area contributed by atoms with Gasteiger partial charge < -0.3 is 30.1 Å². The molecule has 4 atom stereocenters. The van der Waals surface area contributed by atoms with Crippen LogP contribution >= 0.6 is 0 Å². The molecule has 2 aliphatic heterocycles. The first-order valence-corrected chi connectivity index (χ1v) is 11.7. The van der Waals surface area contributed by atoms with Gasteiger partial charge in [-0.2, -0.15) is 0 Å². The zero-order valence-corrected chi connectivity index (χ0v) is 20.2. The van der Waals surface area contributed by atoms with Crippen LogP contribution in [0.2, 0.25) is 0 Å². The third-order valence-electron chi connectivity index (χ3n) is 7.21. The van der Waals surface area contributed by atoms with Gasteiger partial charge in [0.15, 0.2) is 0 Å². The van der Waals surface area contributed by atoms with Crippen LogP contribution in [-0.4, -0.2) is 77.4 Å². The highest BCUT2D eigenvalue weighted by Gasteiger charge is 2.59. The van der Waals surface area contributed by atoms with E-state index in [0.29, 0.717) is 17.9 Å². The van der Waals surface area contributed by atoms with Gasteiger partial charge in [-0.15, -0.1) is 0 Å². The Kier molecular flexibility index (Phi) is 6.42. The first kappa shape index (κ1) is 24.2. The van der Waals surface area contributed by atoms with E-state index in [1.54, 1.807) is 6.92 Å². The Balaban J connectivity index is 1.62. The zero-order valence-electron chi connectivity index (χ0n) is 20.2. The maximum Gasteiger partial charge on any atom is 0.352 e. The SMILES string of the molecule is C[C@@H](O)[C@H]1C(=O)N2C(C(=O)O)=C(COc3cccc4c(C[N+](C)(C)CCN)cccc34)[C@H](C)[C@H]12. The highest BCUT2D eigenvalue weighted by atomic mass is 16.5. The standard InChI is InChI=1S/C26H33N3O5/c1-15-20(24(26(32)33)28-23(15)22(16(2)30)25(28)31)14-34-21-10-6-8-18-17(7-5-9-19(18)21)13-29(3,4)12-11-27/h5-10,15-16,22-23,30H,11-14,27H2,1-4H3/p+1/t15-,16+,22+,23+/m0/s1. The topological polar surface area (TPSA) is 113 Å². The van der Waals surface area contributed by atoms with Crippen molar-refractivity contribution < 1.29 is 29.0 Å². The van der Waals surface area contributed by atoms with Gasteiger partial charge >= 0.3 is 5.97 Å². The number of quaternary nitrogens is 1. The zero-order chi connectivity index (χ0) is 24.8. The molecule has 182 valence electrons. The van der Waals surface area contributed by atoms with E-state index in [4.69, 9.17) is 10.5 Å². The molecule has 0 bridgehead atoms. The minimum atomic E-state index is -1.15. The van der Waals surface area contributed by atoms with Crippen LogP contribution in [0.5, 0.6) is 5.75 Å². The smallest absolute Gasteiger partial charge is 0.352 e. The number of aliphatic hydroxyl groups excluding tert-OH is 1. The number of carbonyl (C=O) groups excluding carboxylic acids is 1. The normalized spacial score (nSPS) is 23.2. The Bertz CT molecular complexity index is 1160. The van der Waals surface area contributed by atoms with Crippen molar-refractivity contribution in [3.05, 3.63) is 53.2 Å². The van der Waals surface area contributed by atoms with Gasteiger partial charge in [-0.25, -0.2) is 4.79 Å². The van der Waals surface area contributed by atoms with E-state index >= 15 is 0 Å². The Morgan fingerprint density at radius 2 is 1.88 bits per heavy atom. The number of rotatable bonds is 9. The molecule has 8 nitrogen and oxygen atoms in total. The highest BCUT2D eigenvalue weighted by Crippen LogP contribution is 2.47. The minimum Gasteiger partial charge on any atom is -0.488 e. The lowest BCUT2D eigenvalue weighted by molar-refractivity contribution is -0.902. The first-order chi connectivity index (χ1) is 16.1. The van der Waals surface area contributed by atoms with Crippen LogP contribution in [0.25, 0.3) is 10.8 Å². The van der Waals surface area contributed by atoms with Gasteiger partial charge in [-0.3, -0.25) is 4.79 Å². The fraction of sp³-hybridized carbons (Fsp3) is 0.462. The van der Waals surface area contributed by atoms with Crippen LogP contribution in [0.1, 0.15) is 19.4 Å². The van der Waals surface area contributed by atoms with Crippen molar-refractivity contribution in [2.75, 3.05) is 33.8 Å². The number of carboxylic acid groups (broad SMARTS) is 1. The molecule has 0 aliphatic carbocycles. The Labute approximate surface area is 199 Å². The van der Waals surface area contributed by atoms with Crippen LogP contribution in [0.15, 0.2) is 47.7 Å². The lowest BCUT2D eigenvalue weighted by atomic mass is 9.78. The van der Waals surface area contributed by atoms with Crippen LogP contribution < -0.4 is 10.5 Å². The molecule has 1 saturated heterocycles. The van der Waals surface area contributed by atoms with Crippen molar-refractivity contribution in [2.45, 2.75) is 32.5 Å². The number of fused-ring (bicyclic) bond motifs is 2. The number of aliphatic hydroxyl groups is 1. The highest BCUT2D eigenvalue weighted by molar-refractivity contribution is 6.00. The van der Waals surface area contributed by atoms with E-state index < -0.39 is 18.0 Å². The van der Waals surface area contributed by atoms with Crippen molar-refractivity contribution in [1.82, 2.24) is 4.90 Å². The summed E-state index contributed by atoms with van der Waals surface area (Å²) in [7, 11) is 4.30. The Morgan fingerprint density at radius 1 is 1.21 bits per heavy atom. The van der Waals surface area contributed by atoms with Gasteiger partial charge in [0.1, 0.15) is 24.6 Å². The number of hydrogen-bond acceptors (Lipinski definition) is 5. The number of nitrogens with zero attached hydrogens (tertiary/aromatic N) is 2. The molecule has 4 rings (SSSR count). The molecular formula is C26H34N3O5+. The molecule has 0 saturated carbocycles. The number of carbonyl (C=O) groups is 2. The molecular weight excluding hydrogens is 434 g/mol. The van der Waals surface area contributed by atoms with E-state index in [9.17, 15) is 19.8 Å². The fourth-order valence-electron chi connectivity index (χ4n) is 5.49. The number of ether oxygens (including phenoxy) is 1. The summed E-state index contributed by atoms with van der Waals surface area (Å²) in [6.45, 7) is 5.83. The average Bonchev–Trinajstić information content (AvgIpc) is 3.00. The number of amides is 1. The van der Waals surface area contributed by atoms with E-state index in [-0.39, 0.29) is 30.2 Å². The second-order valence-electron chi connectivity index (χ2n) is 10.1. The molecule has 2 aliphatic rings. The van der Waals surface area contributed by atoms with E-state index in [2.05, 4.69) is 26.2 Å². The van der Waals surface area contributed by atoms with Gasteiger partial charge in [0.05, 0.1) is 38.7 Å². The monoisotopic (exact) mass is 468 g/mol. The summed E-state index contributed by atoms with van der Waals surface area (Å²) in [5.41, 5.74) is 7.54. The quantitative estimate of drug-likeness (QED) is 0.383. The number of β-lactam (4-membered cyclic amide) rings is 1.